The average Bonchev–Trinajstić information content (AvgIpc) is 2.64. The summed E-state index contributed by atoms with van der Waals surface area (Å²) in [5.41, 5.74) is 0.0433. The Bertz CT molecular complexity index is 676. The van der Waals surface area contributed by atoms with Gasteiger partial charge in [-0.1, -0.05) is 57.0 Å². The van der Waals surface area contributed by atoms with Crippen molar-refractivity contribution in [3.63, 3.8) is 0 Å². The monoisotopic (exact) mass is 539 g/mol. The molecular weight excluding hydrogens is 501 g/mol. The standard InChI is InChI=1S/C21H37N3O3S.HI/c1-4-13-21(25,14-5-2)18-24-20(22-6-3)23-15-10-16-28(26,27)17-19-11-8-7-9-12-19;/h7-9,11-12,25H,4-6,10,13-18H2,1-3H3,(H2,22,23,24);1H. The van der Waals surface area contributed by atoms with Crippen molar-refractivity contribution >= 4 is 39.8 Å². The Hall–Kier alpha value is -0.870. The van der Waals surface area contributed by atoms with Crippen LogP contribution in [0.1, 0.15) is 58.4 Å². The fourth-order valence-corrected chi connectivity index (χ4v) is 4.61. The normalized spacial score (nSPS) is 12.3. The van der Waals surface area contributed by atoms with Crippen LogP contribution in [-0.4, -0.2) is 50.5 Å². The zero-order valence-corrected chi connectivity index (χ0v) is 21.1. The van der Waals surface area contributed by atoms with Crippen molar-refractivity contribution in [1.29, 1.82) is 0 Å². The molecule has 29 heavy (non-hydrogen) atoms. The number of nitrogens with zero attached hydrogens (tertiary/aromatic N) is 1. The smallest absolute Gasteiger partial charge is 0.191 e. The van der Waals surface area contributed by atoms with E-state index in [9.17, 15) is 13.5 Å². The van der Waals surface area contributed by atoms with Gasteiger partial charge in [0.2, 0.25) is 0 Å². The molecule has 1 aromatic rings. The third-order valence-electron chi connectivity index (χ3n) is 4.46. The lowest BCUT2D eigenvalue weighted by Crippen LogP contribution is -2.40. The summed E-state index contributed by atoms with van der Waals surface area (Å²) < 4.78 is 24.5. The van der Waals surface area contributed by atoms with Crippen molar-refractivity contribution in [1.82, 2.24) is 10.6 Å². The predicted molar refractivity (Wildman–Crippen MR) is 133 cm³/mol. The zero-order valence-electron chi connectivity index (χ0n) is 18.0. The SMILES string of the molecule is CCCC(O)(CCC)CN=C(NCC)NCCCS(=O)(=O)Cc1ccccc1.I. The number of sulfone groups is 1. The Kier molecular flexibility index (Phi) is 14.6. The maximum atomic E-state index is 12.3. The van der Waals surface area contributed by atoms with Crippen molar-refractivity contribution in [3.05, 3.63) is 35.9 Å². The van der Waals surface area contributed by atoms with Crippen molar-refractivity contribution in [2.45, 2.75) is 64.2 Å². The molecule has 1 aromatic carbocycles. The minimum atomic E-state index is -3.14. The van der Waals surface area contributed by atoms with Crippen LogP contribution in [0.3, 0.4) is 0 Å². The number of halogens is 1. The second-order valence-corrected chi connectivity index (χ2v) is 9.46. The molecule has 0 amide bonds. The molecular formula is C21H38IN3O3S. The van der Waals surface area contributed by atoms with Gasteiger partial charge < -0.3 is 15.7 Å². The van der Waals surface area contributed by atoms with Gasteiger partial charge in [-0.05, 0) is 31.7 Å². The van der Waals surface area contributed by atoms with E-state index in [1.807, 2.05) is 37.3 Å². The number of aliphatic hydroxyl groups is 1. The predicted octanol–water partition coefficient (Wildman–Crippen LogP) is 3.50. The fraction of sp³-hybridized carbons (Fsp3) is 0.667. The van der Waals surface area contributed by atoms with Crippen LogP contribution in [0.2, 0.25) is 0 Å². The number of aliphatic imine (C=N–C) groups is 1. The third-order valence-corrected chi connectivity index (χ3v) is 6.14. The quantitative estimate of drug-likeness (QED) is 0.155. The summed E-state index contributed by atoms with van der Waals surface area (Å²) >= 11 is 0. The van der Waals surface area contributed by atoms with E-state index in [2.05, 4.69) is 29.5 Å². The van der Waals surface area contributed by atoms with Crippen LogP contribution in [-0.2, 0) is 15.6 Å². The number of guanidine groups is 1. The second-order valence-electron chi connectivity index (χ2n) is 7.28. The van der Waals surface area contributed by atoms with E-state index in [1.54, 1.807) is 0 Å². The molecule has 168 valence electrons. The van der Waals surface area contributed by atoms with Crippen LogP contribution in [0.5, 0.6) is 0 Å². The molecule has 0 unspecified atom stereocenters. The van der Waals surface area contributed by atoms with Crippen LogP contribution in [0.15, 0.2) is 35.3 Å². The highest BCUT2D eigenvalue weighted by Crippen LogP contribution is 2.19. The van der Waals surface area contributed by atoms with Crippen LogP contribution in [0.25, 0.3) is 0 Å². The van der Waals surface area contributed by atoms with Gasteiger partial charge in [0.15, 0.2) is 15.8 Å². The first kappa shape index (κ1) is 28.1. The second kappa shape index (κ2) is 15.0. The number of hydrogen-bond donors (Lipinski definition) is 3. The molecule has 0 aromatic heterocycles. The zero-order chi connectivity index (χ0) is 20.9. The Morgan fingerprint density at radius 2 is 1.69 bits per heavy atom. The third kappa shape index (κ3) is 12.4. The van der Waals surface area contributed by atoms with E-state index < -0.39 is 15.4 Å². The van der Waals surface area contributed by atoms with E-state index >= 15 is 0 Å². The van der Waals surface area contributed by atoms with Crippen molar-refractivity contribution < 1.29 is 13.5 Å². The number of benzene rings is 1. The molecule has 0 spiro atoms. The number of nitrogens with one attached hydrogen (secondary N) is 2. The first-order valence-corrected chi connectivity index (χ1v) is 12.1. The average molecular weight is 540 g/mol. The minimum Gasteiger partial charge on any atom is -0.388 e. The van der Waals surface area contributed by atoms with Gasteiger partial charge in [0, 0.05) is 13.1 Å². The van der Waals surface area contributed by atoms with Gasteiger partial charge in [-0.15, -0.1) is 24.0 Å². The van der Waals surface area contributed by atoms with Crippen LogP contribution in [0.4, 0.5) is 0 Å². The van der Waals surface area contributed by atoms with Gasteiger partial charge in [0.05, 0.1) is 23.7 Å². The van der Waals surface area contributed by atoms with E-state index in [0.717, 1.165) is 31.2 Å². The molecule has 0 aliphatic rings. The van der Waals surface area contributed by atoms with Crippen molar-refractivity contribution in [3.8, 4) is 0 Å². The first-order valence-electron chi connectivity index (χ1n) is 10.3. The van der Waals surface area contributed by atoms with Gasteiger partial charge in [-0.25, -0.2) is 8.42 Å². The molecule has 0 fully saturated rings. The van der Waals surface area contributed by atoms with Crippen LogP contribution >= 0.6 is 24.0 Å². The lowest BCUT2D eigenvalue weighted by molar-refractivity contribution is 0.0306. The topological polar surface area (TPSA) is 90.8 Å². The Balaban J connectivity index is 0.00000784. The summed E-state index contributed by atoms with van der Waals surface area (Å²) in [6.07, 6.45) is 3.78. The highest BCUT2D eigenvalue weighted by atomic mass is 127. The molecule has 0 bridgehead atoms. The van der Waals surface area contributed by atoms with Crippen molar-refractivity contribution in [2.24, 2.45) is 4.99 Å². The summed E-state index contributed by atoms with van der Waals surface area (Å²) in [6, 6.07) is 9.25. The summed E-state index contributed by atoms with van der Waals surface area (Å²) in [4.78, 5) is 4.52. The lowest BCUT2D eigenvalue weighted by atomic mass is 9.93. The van der Waals surface area contributed by atoms with E-state index in [1.165, 1.54) is 0 Å². The number of hydrogen-bond acceptors (Lipinski definition) is 4. The molecule has 8 heteroatoms. The summed E-state index contributed by atoms with van der Waals surface area (Å²) in [7, 11) is -3.14. The van der Waals surface area contributed by atoms with Gasteiger partial charge >= 0.3 is 0 Å². The van der Waals surface area contributed by atoms with Crippen LogP contribution < -0.4 is 10.6 Å². The molecule has 3 N–H and O–H groups in total. The lowest BCUT2D eigenvalue weighted by Gasteiger charge is -2.26. The molecule has 0 saturated heterocycles. The number of rotatable bonds is 13. The Morgan fingerprint density at radius 1 is 1.07 bits per heavy atom. The molecule has 0 atom stereocenters. The largest absolute Gasteiger partial charge is 0.388 e. The van der Waals surface area contributed by atoms with E-state index in [0.29, 0.717) is 32.0 Å². The maximum absolute atomic E-state index is 12.3. The summed E-state index contributed by atoms with van der Waals surface area (Å²) in [5, 5.41) is 17.0. The Labute approximate surface area is 193 Å². The molecule has 0 aliphatic carbocycles. The van der Waals surface area contributed by atoms with Gasteiger partial charge in [0.25, 0.3) is 0 Å². The Morgan fingerprint density at radius 3 is 2.24 bits per heavy atom. The summed E-state index contributed by atoms with van der Waals surface area (Å²) in [6.45, 7) is 7.66. The molecule has 0 aliphatic heterocycles. The molecule has 0 heterocycles. The van der Waals surface area contributed by atoms with E-state index in [-0.39, 0.29) is 35.5 Å². The van der Waals surface area contributed by atoms with Gasteiger partial charge in [0.1, 0.15) is 0 Å². The van der Waals surface area contributed by atoms with Crippen molar-refractivity contribution in [2.75, 3.05) is 25.4 Å². The van der Waals surface area contributed by atoms with Gasteiger partial charge in [-0.3, -0.25) is 4.99 Å². The minimum absolute atomic E-state index is 0. The highest BCUT2D eigenvalue weighted by molar-refractivity contribution is 14.0. The van der Waals surface area contributed by atoms with E-state index in [4.69, 9.17) is 0 Å². The molecule has 0 radical (unpaired) electrons. The highest BCUT2D eigenvalue weighted by Gasteiger charge is 2.24. The van der Waals surface area contributed by atoms with Crippen LogP contribution in [0, 0.1) is 0 Å². The van der Waals surface area contributed by atoms with Gasteiger partial charge in [-0.2, -0.15) is 0 Å². The molecule has 0 saturated carbocycles. The first-order chi connectivity index (χ1) is 13.3. The maximum Gasteiger partial charge on any atom is 0.191 e. The molecule has 6 nitrogen and oxygen atoms in total. The molecule has 1 rings (SSSR count). The fourth-order valence-electron chi connectivity index (χ4n) is 3.18. The summed E-state index contributed by atoms with van der Waals surface area (Å²) in [5.74, 6) is 0.820.